The van der Waals surface area contributed by atoms with Gasteiger partial charge in [-0.3, -0.25) is 9.59 Å². The summed E-state index contributed by atoms with van der Waals surface area (Å²) in [6, 6.07) is 5.93. The van der Waals surface area contributed by atoms with Crippen molar-refractivity contribution in [1.29, 1.82) is 0 Å². The second kappa shape index (κ2) is 11.3. The molecule has 0 saturated carbocycles. The third kappa shape index (κ3) is 6.36. The first-order valence-corrected chi connectivity index (χ1v) is 13.1. The molecule has 1 atom stereocenters. The molecule has 3 aromatic rings. The first-order valence-electron chi connectivity index (χ1n) is 13.1. The van der Waals surface area contributed by atoms with Gasteiger partial charge in [0.1, 0.15) is 11.6 Å². The summed E-state index contributed by atoms with van der Waals surface area (Å²) >= 11 is 0. The molecule has 43 heavy (non-hydrogen) atoms. The van der Waals surface area contributed by atoms with E-state index in [0.29, 0.717) is 28.8 Å². The monoisotopic (exact) mass is 611 g/mol. The highest BCUT2D eigenvalue weighted by atomic mass is 19.4. The number of carbonyl (C=O) groups excluding carboxylic acids is 2. The average Bonchev–Trinajstić information content (AvgIpc) is 3.31. The van der Waals surface area contributed by atoms with Crippen molar-refractivity contribution in [2.45, 2.75) is 51.0 Å². The largest absolute Gasteiger partial charge is 0.416 e. The molecular formula is C30H28F7N3O3. The van der Waals surface area contributed by atoms with E-state index in [-0.39, 0.29) is 42.9 Å². The number of Topliss-reactive ketones (excluding diaryl/α,β-unsaturated/α-hetero) is 1. The third-order valence-corrected chi connectivity index (χ3v) is 7.61. The molecular weight excluding hydrogens is 583 g/mol. The number of anilines is 2. The van der Waals surface area contributed by atoms with Gasteiger partial charge in [-0.05, 0) is 73.9 Å². The van der Waals surface area contributed by atoms with Crippen LogP contribution in [0.2, 0.25) is 0 Å². The molecule has 1 saturated heterocycles. The summed E-state index contributed by atoms with van der Waals surface area (Å²) in [5.74, 6) is -1.23. The van der Waals surface area contributed by atoms with E-state index in [0.717, 1.165) is 4.90 Å². The lowest BCUT2D eigenvalue weighted by atomic mass is 9.81. The molecule has 1 unspecified atom stereocenters. The van der Waals surface area contributed by atoms with Crippen molar-refractivity contribution in [2.75, 3.05) is 30.0 Å². The summed E-state index contributed by atoms with van der Waals surface area (Å²) in [5.41, 5.74) is -4.09. The predicted octanol–water partition coefficient (Wildman–Crippen LogP) is 6.31. The first kappa shape index (κ1) is 31.9. The standard InChI is InChI=1S/C30H28F7N3O3/c1-16-7-20(31)5-6-23(16)24-12-26(40-14-22(42)11-21(40)15-41)38-13-25(24)39(4)27(43)28(2,3)17-8-18(29(32,33)34)10-19(9-17)30(35,36)37/h5-10,12-13,21,41H,11,14-15H2,1-4H3. The van der Waals surface area contributed by atoms with Gasteiger partial charge in [0.2, 0.25) is 5.91 Å². The molecule has 6 nitrogen and oxygen atoms in total. The molecule has 13 heteroatoms. The second-order valence-electron chi connectivity index (χ2n) is 11.0. The molecule has 1 amide bonds. The zero-order valence-electron chi connectivity index (χ0n) is 23.6. The van der Waals surface area contributed by atoms with Crippen molar-refractivity contribution >= 4 is 23.2 Å². The number of carbonyl (C=O) groups is 2. The summed E-state index contributed by atoms with van der Waals surface area (Å²) in [4.78, 5) is 33.0. The van der Waals surface area contributed by atoms with Crippen LogP contribution in [0.25, 0.3) is 11.1 Å². The molecule has 1 aromatic heterocycles. The summed E-state index contributed by atoms with van der Waals surface area (Å²) in [6.07, 6.45) is -8.82. The Labute approximate surface area is 242 Å². The van der Waals surface area contributed by atoms with Crippen LogP contribution in [0.4, 0.5) is 42.2 Å². The lowest BCUT2D eigenvalue weighted by Gasteiger charge is -2.32. The number of aliphatic hydroxyl groups excluding tert-OH is 1. The molecule has 2 aromatic carbocycles. The van der Waals surface area contributed by atoms with Gasteiger partial charge in [0.15, 0.2) is 5.78 Å². The molecule has 1 aliphatic rings. The van der Waals surface area contributed by atoms with Gasteiger partial charge in [-0.25, -0.2) is 9.37 Å². The zero-order chi connectivity index (χ0) is 32.1. The van der Waals surface area contributed by atoms with Gasteiger partial charge in [-0.15, -0.1) is 0 Å². The van der Waals surface area contributed by atoms with Gasteiger partial charge in [0, 0.05) is 19.0 Å². The second-order valence-corrected chi connectivity index (χ2v) is 11.0. The van der Waals surface area contributed by atoms with E-state index < -0.39 is 52.2 Å². The highest BCUT2D eigenvalue weighted by Gasteiger charge is 2.41. The molecule has 0 radical (unpaired) electrons. The number of likely N-dealkylation sites (N-methyl/N-ethyl adjacent to an activating group) is 1. The first-order chi connectivity index (χ1) is 19.8. The Morgan fingerprint density at radius 3 is 2.09 bits per heavy atom. The minimum Gasteiger partial charge on any atom is -0.394 e. The van der Waals surface area contributed by atoms with Crippen LogP contribution in [0, 0.1) is 12.7 Å². The molecule has 230 valence electrons. The Morgan fingerprint density at radius 2 is 1.56 bits per heavy atom. The number of rotatable bonds is 6. The highest BCUT2D eigenvalue weighted by molar-refractivity contribution is 6.03. The number of nitrogens with zero attached hydrogens (tertiary/aromatic N) is 3. The fraction of sp³-hybridized carbons (Fsp3) is 0.367. The maximum Gasteiger partial charge on any atom is 0.416 e. The molecule has 0 spiro atoms. The smallest absolute Gasteiger partial charge is 0.394 e. The number of aryl methyl sites for hydroxylation is 1. The number of amides is 1. The molecule has 0 bridgehead atoms. The fourth-order valence-corrected chi connectivity index (χ4v) is 5.16. The van der Waals surface area contributed by atoms with E-state index in [1.54, 1.807) is 17.9 Å². The average molecular weight is 612 g/mol. The number of ketones is 1. The Morgan fingerprint density at radius 1 is 0.977 bits per heavy atom. The van der Waals surface area contributed by atoms with Crippen LogP contribution in [0.1, 0.15) is 42.5 Å². The maximum absolute atomic E-state index is 14.0. The van der Waals surface area contributed by atoms with Crippen molar-refractivity contribution in [3.63, 3.8) is 0 Å². The zero-order valence-corrected chi connectivity index (χ0v) is 23.6. The van der Waals surface area contributed by atoms with Crippen molar-refractivity contribution < 1.29 is 45.4 Å². The van der Waals surface area contributed by atoms with Crippen LogP contribution in [-0.2, 0) is 27.4 Å². The normalized spacial score (nSPS) is 16.1. The molecule has 2 heterocycles. The molecule has 1 fully saturated rings. The van der Waals surface area contributed by atoms with E-state index in [4.69, 9.17) is 0 Å². The number of aliphatic hydroxyl groups is 1. The van der Waals surface area contributed by atoms with E-state index >= 15 is 0 Å². The van der Waals surface area contributed by atoms with Crippen LogP contribution < -0.4 is 9.80 Å². The lowest BCUT2D eigenvalue weighted by molar-refractivity contribution is -0.143. The number of hydrogen-bond acceptors (Lipinski definition) is 5. The number of pyridine rings is 1. The maximum atomic E-state index is 14.0. The topological polar surface area (TPSA) is 73.7 Å². The molecule has 1 aliphatic heterocycles. The van der Waals surface area contributed by atoms with Gasteiger partial charge < -0.3 is 14.9 Å². The highest BCUT2D eigenvalue weighted by Crippen LogP contribution is 2.41. The van der Waals surface area contributed by atoms with Crippen LogP contribution in [-0.4, -0.2) is 48.0 Å². The summed E-state index contributed by atoms with van der Waals surface area (Å²) in [6.45, 7) is 3.69. The van der Waals surface area contributed by atoms with Gasteiger partial charge in [0.25, 0.3) is 0 Å². The lowest BCUT2D eigenvalue weighted by Crippen LogP contribution is -2.42. The van der Waals surface area contributed by atoms with E-state index in [1.807, 2.05) is 0 Å². The van der Waals surface area contributed by atoms with Crippen LogP contribution in [0.15, 0.2) is 48.7 Å². The van der Waals surface area contributed by atoms with Crippen molar-refractivity contribution in [1.82, 2.24) is 4.98 Å². The number of alkyl halides is 6. The minimum atomic E-state index is -5.10. The molecule has 4 rings (SSSR count). The van der Waals surface area contributed by atoms with E-state index in [1.165, 1.54) is 45.3 Å². The van der Waals surface area contributed by atoms with E-state index in [2.05, 4.69) is 4.98 Å². The number of aromatic nitrogens is 1. The predicted molar refractivity (Wildman–Crippen MR) is 145 cm³/mol. The Balaban J connectivity index is 1.84. The molecule has 0 aliphatic carbocycles. The number of halogens is 7. The number of benzene rings is 2. The van der Waals surface area contributed by atoms with Gasteiger partial charge in [-0.2, -0.15) is 26.3 Å². The van der Waals surface area contributed by atoms with Crippen molar-refractivity contribution in [2.24, 2.45) is 0 Å². The summed E-state index contributed by atoms with van der Waals surface area (Å²) in [5, 5.41) is 9.77. The quantitative estimate of drug-likeness (QED) is 0.331. The Kier molecular flexibility index (Phi) is 8.35. The summed E-state index contributed by atoms with van der Waals surface area (Å²) in [7, 11) is 1.30. The van der Waals surface area contributed by atoms with Gasteiger partial charge >= 0.3 is 12.4 Å². The number of hydrogen-bond donors (Lipinski definition) is 1. The minimum absolute atomic E-state index is 0.00538. The van der Waals surface area contributed by atoms with E-state index in [9.17, 15) is 45.4 Å². The van der Waals surface area contributed by atoms with Gasteiger partial charge in [-0.1, -0.05) is 6.07 Å². The Hall–Kier alpha value is -4.00. The Bertz CT molecular complexity index is 1540. The van der Waals surface area contributed by atoms with Gasteiger partial charge in [0.05, 0.1) is 47.6 Å². The van der Waals surface area contributed by atoms with Crippen molar-refractivity contribution in [3.05, 3.63) is 76.7 Å². The SMILES string of the molecule is Cc1cc(F)ccc1-c1cc(N2CC(=O)CC2CO)ncc1N(C)C(=O)C(C)(C)c1cc(C(F)(F)F)cc(C(F)(F)F)c1. The fourth-order valence-electron chi connectivity index (χ4n) is 5.16. The molecule has 1 N–H and O–H groups in total. The van der Waals surface area contributed by atoms with Crippen LogP contribution in [0.3, 0.4) is 0 Å². The summed E-state index contributed by atoms with van der Waals surface area (Å²) < 4.78 is 95.3. The van der Waals surface area contributed by atoms with Crippen molar-refractivity contribution in [3.8, 4) is 11.1 Å². The van der Waals surface area contributed by atoms with Crippen LogP contribution >= 0.6 is 0 Å². The van der Waals surface area contributed by atoms with Crippen LogP contribution in [0.5, 0.6) is 0 Å². The third-order valence-electron chi connectivity index (χ3n) is 7.61.